The van der Waals surface area contributed by atoms with Gasteiger partial charge < -0.3 is 25.7 Å². The molecule has 3 heterocycles. The number of aliphatic hydroxyl groups is 2. The molecule has 27 heavy (non-hydrogen) atoms. The summed E-state index contributed by atoms with van der Waals surface area (Å²) < 4.78 is 6.06. The molecule has 1 aromatic carbocycles. The standard InChI is InChI=1S/C18H25N5O3S/c1-2-19-18-20-14-16(25)15(24)13(26-17(14)27-18)10-23-9-12(21-22-23)8-11-6-4-3-5-7-11/h3-7,9,13-17,21-22,24-25H,2,8,10H2,1H3,(H,19,20)/t13-,14-,15-,16-,17-/m1/s1. The van der Waals surface area contributed by atoms with Gasteiger partial charge in [-0.15, -0.1) is 5.53 Å². The number of ether oxygens (including phenoxy) is 1. The summed E-state index contributed by atoms with van der Waals surface area (Å²) in [5, 5.41) is 26.7. The smallest absolute Gasteiger partial charge is 0.159 e. The third-order valence-electron chi connectivity index (χ3n) is 4.81. The molecule has 0 radical (unpaired) electrons. The average molecular weight is 391 g/mol. The summed E-state index contributed by atoms with van der Waals surface area (Å²) in [6.07, 6.45) is 0.342. The molecule has 0 amide bonds. The maximum Gasteiger partial charge on any atom is 0.159 e. The van der Waals surface area contributed by atoms with Crippen LogP contribution in [0, 0.1) is 0 Å². The highest BCUT2D eigenvalue weighted by Gasteiger charge is 2.49. The molecule has 0 saturated carbocycles. The number of amidine groups is 1. The third-order valence-corrected chi connectivity index (χ3v) is 5.91. The lowest BCUT2D eigenvalue weighted by Crippen LogP contribution is -2.61. The van der Waals surface area contributed by atoms with E-state index in [0.717, 1.165) is 17.3 Å². The zero-order valence-electron chi connectivity index (χ0n) is 15.1. The number of nitrogens with zero attached hydrogens (tertiary/aromatic N) is 2. The van der Waals surface area contributed by atoms with E-state index in [2.05, 4.69) is 33.4 Å². The Bertz CT molecular complexity index is 716. The number of aliphatic hydroxyl groups excluding tert-OH is 2. The van der Waals surface area contributed by atoms with Crippen molar-refractivity contribution in [1.29, 1.82) is 0 Å². The van der Waals surface area contributed by atoms with Crippen LogP contribution >= 0.6 is 11.8 Å². The first kappa shape index (κ1) is 18.6. The van der Waals surface area contributed by atoms with Gasteiger partial charge in [0.1, 0.15) is 23.7 Å². The molecule has 8 nitrogen and oxygen atoms in total. The molecule has 0 aromatic heterocycles. The molecular formula is C18H25N5O3S. The highest BCUT2D eigenvalue weighted by Crippen LogP contribution is 2.34. The van der Waals surface area contributed by atoms with Gasteiger partial charge >= 0.3 is 0 Å². The number of aliphatic imine (C=N–C) groups is 1. The van der Waals surface area contributed by atoms with Crippen molar-refractivity contribution in [3.8, 4) is 0 Å². The zero-order valence-corrected chi connectivity index (χ0v) is 15.9. The Balaban J connectivity index is 1.37. The Kier molecular flexibility index (Phi) is 5.55. The quantitative estimate of drug-likeness (QED) is 0.475. The lowest BCUT2D eigenvalue weighted by atomic mass is 9.98. The molecule has 0 unspecified atom stereocenters. The summed E-state index contributed by atoms with van der Waals surface area (Å²) in [7, 11) is 0. The van der Waals surface area contributed by atoms with Gasteiger partial charge in [0.2, 0.25) is 0 Å². The van der Waals surface area contributed by atoms with E-state index in [1.54, 1.807) is 0 Å². The second-order valence-corrected chi connectivity index (χ2v) is 7.88. The van der Waals surface area contributed by atoms with Crippen LogP contribution in [0.1, 0.15) is 12.5 Å². The predicted octanol–water partition coefficient (Wildman–Crippen LogP) is -0.0771. The van der Waals surface area contributed by atoms with Crippen LogP contribution in [0.15, 0.2) is 47.2 Å². The van der Waals surface area contributed by atoms with E-state index in [9.17, 15) is 10.2 Å². The predicted molar refractivity (Wildman–Crippen MR) is 104 cm³/mol. The fourth-order valence-corrected chi connectivity index (χ4v) is 4.65. The molecule has 0 bridgehead atoms. The molecule has 5 N–H and O–H groups in total. The highest BCUT2D eigenvalue weighted by atomic mass is 32.2. The van der Waals surface area contributed by atoms with Gasteiger partial charge in [-0.05, 0) is 12.5 Å². The topological polar surface area (TPSA) is 101 Å². The second-order valence-electron chi connectivity index (χ2n) is 6.80. The molecule has 3 aliphatic heterocycles. The number of hydrogen-bond donors (Lipinski definition) is 5. The summed E-state index contributed by atoms with van der Waals surface area (Å²) in [6.45, 7) is 3.03. The lowest BCUT2D eigenvalue weighted by molar-refractivity contribution is -0.161. The van der Waals surface area contributed by atoms with Gasteiger partial charge in [0, 0.05) is 24.9 Å². The van der Waals surface area contributed by atoms with Gasteiger partial charge in [-0.25, -0.2) is 0 Å². The van der Waals surface area contributed by atoms with Crippen LogP contribution in [0.2, 0.25) is 0 Å². The van der Waals surface area contributed by atoms with E-state index in [1.807, 2.05) is 36.3 Å². The van der Waals surface area contributed by atoms with Gasteiger partial charge in [-0.1, -0.05) is 42.1 Å². The van der Waals surface area contributed by atoms with Crippen molar-refractivity contribution in [3.63, 3.8) is 0 Å². The molecule has 2 fully saturated rings. The van der Waals surface area contributed by atoms with Crippen molar-refractivity contribution in [2.45, 2.75) is 43.1 Å². The Morgan fingerprint density at radius 3 is 2.81 bits per heavy atom. The lowest BCUT2D eigenvalue weighted by Gasteiger charge is -2.40. The number of hydrogen-bond acceptors (Lipinski definition) is 8. The molecule has 9 heteroatoms. The van der Waals surface area contributed by atoms with Crippen molar-refractivity contribution in [1.82, 2.24) is 21.3 Å². The number of fused-ring (bicyclic) bond motifs is 1. The van der Waals surface area contributed by atoms with Crippen LogP contribution in [0.25, 0.3) is 0 Å². The van der Waals surface area contributed by atoms with Gasteiger partial charge in [0.15, 0.2) is 5.17 Å². The number of rotatable bonds is 5. The van der Waals surface area contributed by atoms with Crippen LogP contribution < -0.4 is 16.3 Å². The summed E-state index contributed by atoms with van der Waals surface area (Å²) in [5.74, 6) is 0. The number of thioether (sulfide) groups is 1. The third kappa shape index (κ3) is 4.07. The van der Waals surface area contributed by atoms with E-state index in [0.29, 0.717) is 13.1 Å². The average Bonchev–Trinajstić information content (AvgIpc) is 3.27. The minimum Gasteiger partial charge on any atom is -0.388 e. The molecule has 4 rings (SSSR count). The van der Waals surface area contributed by atoms with E-state index < -0.39 is 18.3 Å². The molecule has 2 saturated heterocycles. The van der Waals surface area contributed by atoms with Gasteiger partial charge in [0.25, 0.3) is 0 Å². The second kappa shape index (κ2) is 8.07. The van der Waals surface area contributed by atoms with Crippen LogP contribution in [0.5, 0.6) is 0 Å². The Morgan fingerprint density at radius 2 is 2.04 bits per heavy atom. The molecule has 3 aliphatic rings. The van der Waals surface area contributed by atoms with Gasteiger partial charge in [-0.3, -0.25) is 10.0 Å². The molecule has 1 aromatic rings. The monoisotopic (exact) mass is 391 g/mol. The van der Waals surface area contributed by atoms with Gasteiger partial charge in [0.05, 0.1) is 12.6 Å². The molecule has 146 valence electrons. The van der Waals surface area contributed by atoms with E-state index in [4.69, 9.17) is 4.74 Å². The maximum absolute atomic E-state index is 10.5. The molecule has 5 atom stereocenters. The van der Waals surface area contributed by atoms with Gasteiger partial charge in [-0.2, -0.15) is 0 Å². The summed E-state index contributed by atoms with van der Waals surface area (Å²) in [4.78, 5) is 4.34. The van der Waals surface area contributed by atoms with Crippen molar-refractivity contribution >= 4 is 16.9 Å². The minimum atomic E-state index is -0.978. The Morgan fingerprint density at radius 1 is 1.22 bits per heavy atom. The summed E-state index contributed by atoms with van der Waals surface area (Å²) in [6, 6.07) is 9.84. The maximum atomic E-state index is 10.5. The molecule has 0 spiro atoms. The Labute approximate surface area is 162 Å². The Hall–Kier alpha value is -1.78. The molecule has 0 aliphatic carbocycles. The number of nitrogens with one attached hydrogen (secondary N) is 3. The normalized spacial score (nSPS) is 34.2. The van der Waals surface area contributed by atoms with Crippen LogP contribution in [0.3, 0.4) is 0 Å². The van der Waals surface area contributed by atoms with E-state index in [-0.39, 0.29) is 11.5 Å². The SMILES string of the molecule is CCN=C1N[C@@H]2[C@@H](O)[C@H](O)[C@@H](CN3C=C(Cc4ccccc4)NN3)O[C@@H]2S1. The van der Waals surface area contributed by atoms with Crippen LogP contribution in [-0.2, 0) is 11.2 Å². The van der Waals surface area contributed by atoms with Crippen molar-refractivity contribution < 1.29 is 14.9 Å². The van der Waals surface area contributed by atoms with E-state index in [1.165, 1.54) is 17.3 Å². The zero-order chi connectivity index (χ0) is 18.8. The summed E-state index contributed by atoms with van der Waals surface area (Å²) in [5.41, 5.74) is 8.19. The van der Waals surface area contributed by atoms with Crippen LogP contribution in [0.4, 0.5) is 0 Å². The summed E-state index contributed by atoms with van der Waals surface area (Å²) >= 11 is 1.46. The first-order valence-electron chi connectivity index (χ1n) is 9.16. The highest BCUT2D eigenvalue weighted by molar-refractivity contribution is 8.14. The van der Waals surface area contributed by atoms with E-state index >= 15 is 0 Å². The minimum absolute atomic E-state index is 0.262. The largest absolute Gasteiger partial charge is 0.388 e. The fourth-order valence-electron chi connectivity index (χ4n) is 3.44. The van der Waals surface area contributed by atoms with Crippen LogP contribution in [-0.4, -0.2) is 63.3 Å². The first-order valence-corrected chi connectivity index (χ1v) is 10.0. The number of allylic oxidation sites excluding steroid dienone is 1. The number of hydrazine groups is 2. The van der Waals surface area contributed by atoms with Crippen molar-refractivity contribution in [2.24, 2.45) is 4.99 Å². The molecular weight excluding hydrogens is 366 g/mol. The van der Waals surface area contributed by atoms with Crippen molar-refractivity contribution in [3.05, 3.63) is 47.8 Å². The first-order chi connectivity index (χ1) is 13.1. The van der Waals surface area contributed by atoms with Crippen molar-refractivity contribution in [2.75, 3.05) is 13.1 Å². The number of benzene rings is 1. The fraction of sp³-hybridized carbons (Fsp3) is 0.500.